The van der Waals surface area contributed by atoms with Crippen LogP contribution in [0, 0.1) is 19.8 Å². The van der Waals surface area contributed by atoms with Crippen molar-refractivity contribution in [2.24, 2.45) is 5.92 Å². The molecule has 4 heteroatoms. The molecule has 1 heterocycles. The van der Waals surface area contributed by atoms with Gasteiger partial charge in [-0.3, -0.25) is 0 Å². The van der Waals surface area contributed by atoms with Gasteiger partial charge in [0.25, 0.3) is 0 Å². The molecule has 0 aromatic carbocycles. The molecule has 94 valence electrons. The number of hydrogen-bond acceptors (Lipinski definition) is 4. The van der Waals surface area contributed by atoms with Crippen LogP contribution in [0.4, 0.5) is 11.6 Å². The lowest BCUT2D eigenvalue weighted by Crippen LogP contribution is -2.30. The summed E-state index contributed by atoms with van der Waals surface area (Å²) in [6.45, 7) is 5.14. The van der Waals surface area contributed by atoms with E-state index in [1.165, 1.54) is 19.3 Å². The predicted octanol–water partition coefficient (Wildman–Crippen LogP) is 2.37. The minimum atomic E-state index is 0.829. The van der Waals surface area contributed by atoms with Crippen molar-refractivity contribution in [3.8, 4) is 0 Å². The third kappa shape index (κ3) is 2.51. The molecular formula is C13H22N4. The van der Waals surface area contributed by atoms with Crippen LogP contribution in [0.3, 0.4) is 0 Å². The van der Waals surface area contributed by atoms with Crippen molar-refractivity contribution in [1.29, 1.82) is 0 Å². The van der Waals surface area contributed by atoms with E-state index in [1.54, 1.807) is 0 Å². The van der Waals surface area contributed by atoms with Crippen molar-refractivity contribution in [3.05, 3.63) is 11.4 Å². The van der Waals surface area contributed by atoms with E-state index in [9.17, 15) is 0 Å². The van der Waals surface area contributed by atoms with Gasteiger partial charge in [0.1, 0.15) is 17.5 Å². The minimum Gasteiger partial charge on any atom is -0.373 e. The normalized spacial score (nSPS) is 15.5. The van der Waals surface area contributed by atoms with Crippen molar-refractivity contribution in [3.63, 3.8) is 0 Å². The Labute approximate surface area is 103 Å². The third-order valence-corrected chi connectivity index (χ3v) is 3.59. The molecule has 0 spiro atoms. The zero-order chi connectivity index (χ0) is 12.4. The monoisotopic (exact) mass is 234 g/mol. The lowest BCUT2D eigenvalue weighted by molar-refractivity contribution is 0.321. The highest BCUT2D eigenvalue weighted by Crippen LogP contribution is 2.29. The number of nitrogens with one attached hydrogen (secondary N) is 1. The Morgan fingerprint density at radius 2 is 2.00 bits per heavy atom. The van der Waals surface area contributed by atoms with E-state index in [2.05, 4.69) is 34.2 Å². The molecule has 0 aliphatic heterocycles. The van der Waals surface area contributed by atoms with Crippen LogP contribution < -0.4 is 10.2 Å². The van der Waals surface area contributed by atoms with Gasteiger partial charge in [-0.1, -0.05) is 6.42 Å². The Morgan fingerprint density at radius 1 is 1.29 bits per heavy atom. The number of hydrogen-bond donors (Lipinski definition) is 1. The number of nitrogens with zero attached hydrogens (tertiary/aromatic N) is 3. The van der Waals surface area contributed by atoms with E-state index in [-0.39, 0.29) is 0 Å². The molecule has 0 unspecified atom stereocenters. The Balaban J connectivity index is 2.20. The van der Waals surface area contributed by atoms with Gasteiger partial charge in [-0.15, -0.1) is 0 Å². The smallest absolute Gasteiger partial charge is 0.137 e. The molecule has 1 aliphatic rings. The summed E-state index contributed by atoms with van der Waals surface area (Å²) in [6.07, 6.45) is 4.13. The summed E-state index contributed by atoms with van der Waals surface area (Å²) in [5.41, 5.74) is 1.14. The Kier molecular flexibility index (Phi) is 3.50. The fourth-order valence-corrected chi connectivity index (χ4v) is 2.38. The predicted molar refractivity (Wildman–Crippen MR) is 71.7 cm³/mol. The Bertz CT molecular complexity index is 399. The average Bonchev–Trinajstić information content (AvgIpc) is 2.25. The van der Waals surface area contributed by atoms with E-state index < -0.39 is 0 Å². The molecule has 2 rings (SSSR count). The molecule has 0 amide bonds. The van der Waals surface area contributed by atoms with Crippen molar-refractivity contribution < 1.29 is 0 Å². The molecule has 1 aliphatic carbocycles. The molecule has 0 saturated heterocycles. The molecular weight excluding hydrogens is 212 g/mol. The van der Waals surface area contributed by atoms with Crippen molar-refractivity contribution in [2.75, 3.05) is 30.9 Å². The van der Waals surface area contributed by atoms with E-state index in [0.29, 0.717) is 0 Å². The lowest BCUT2D eigenvalue weighted by atomic mass is 9.85. The molecule has 1 saturated carbocycles. The number of rotatable bonds is 4. The van der Waals surface area contributed by atoms with Crippen molar-refractivity contribution in [1.82, 2.24) is 9.97 Å². The van der Waals surface area contributed by atoms with Crippen LogP contribution in [0.5, 0.6) is 0 Å². The summed E-state index contributed by atoms with van der Waals surface area (Å²) >= 11 is 0. The van der Waals surface area contributed by atoms with Gasteiger partial charge < -0.3 is 10.2 Å². The van der Waals surface area contributed by atoms with Gasteiger partial charge in [-0.25, -0.2) is 9.97 Å². The molecule has 1 fully saturated rings. The Morgan fingerprint density at radius 3 is 2.53 bits per heavy atom. The van der Waals surface area contributed by atoms with Gasteiger partial charge in [-0.2, -0.15) is 0 Å². The highest BCUT2D eigenvalue weighted by molar-refractivity contribution is 5.58. The molecule has 1 N–H and O–H groups in total. The van der Waals surface area contributed by atoms with Crippen LogP contribution in [0.25, 0.3) is 0 Å². The fraction of sp³-hybridized carbons (Fsp3) is 0.692. The molecule has 1 aromatic heterocycles. The first-order valence-electron chi connectivity index (χ1n) is 6.36. The maximum atomic E-state index is 4.57. The van der Waals surface area contributed by atoms with Gasteiger partial charge in [-0.05, 0) is 32.6 Å². The van der Waals surface area contributed by atoms with E-state index in [0.717, 1.165) is 35.5 Å². The summed E-state index contributed by atoms with van der Waals surface area (Å²) in [5.74, 6) is 3.69. The molecule has 1 aromatic rings. The lowest BCUT2D eigenvalue weighted by Gasteiger charge is -2.31. The van der Waals surface area contributed by atoms with Gasteiger partial charge in [0.2, 0.25) is 0 Å². The zero-order valence-corrected chi connectivity index (χ0v) is 11.2. The SMILES string of the molecule is CNc1nc(C)nc(N(C)CC2CCC2)c1C. The summed E-state index contributed by atoms with van der Waals surface area (Å²) in [7, 11) is 4.04. The highest BCUT2D eigenvalue weighted by Gasteiger charge is 2.21. The largest absolute Gasteiger partial charge is 0.373 e. The number of anilines is 2. The van der Waals surface area contributed by atoms with Crippen LogP contribution >= 0.6 is 0 Å². The summed E-state index contributed by atoms with van der Waals surface area (Å²) in [4.78, 5) is 11.2. The second-order valence-electron chi connectivity index (χ2n) is 5.00. The van der Waals surface area contributed by atoms with Crippen LogP contribution in [-0.2, 0) is 0 Å². The van der Waals surface area contributed by atoms with Gasteiger partial charge in [0.05, 0.1) is 0 Å². The molecule has 17 heavy (non-hydrogen) atoms. The fourth-order valence-electron chi connectivity index (χ4n) is 2.38. The van der Waals surface area contributed by atoms with E-state index >= 15 is 0 Å². The van der Waals surface area contributed by atoms with Crippen molar-refractivity contribution in [2.45, 2.75) is 33.1 Å². The topological polar surface area (TPSA) is 41.1 Å². The highest BCUT2D eigenvalue weighted by atomic mass is 15.2. The molecule has 0 atom stereocenters. The number of aryl methyl sites for hydroxylation is 1. The first-order chi connectivity index (χ1) is 8.11. The molecule has 4 nitrogen and oxygen atoms in total. The van der Waals surface area contributed by atoms with Crippen molar-refractivity contribution >= 4 is 11.6 Å². The van der Waals surface area contributed by atoms with Crippen LogP contribution in [-0.4, -0.2) is 30.6 Å². The summed E-state index contributed by atoms with van der Waals surface area (Å²) in [6, 6.07) is 0. The summed E-state index contributed by atoms with van der Waals surface area (Å²) in [5, 5.41) is 3.13. The number of aromatic nitrogens is 2. The quantitative estimate of drug-likeness (QED) is 0.868. The van der Waals surface area contributed by atoms with Gasteiger partial charge in [0, 0.05) is 26.2 Å². The maximum absolute atomic E-state index is 4.57. The zero-order valence-electron chi connectivity index (χ0n) is 11.2. The van der Waals surface area contributed by atoms with Crippen LogP contribution in [0.15, 0.2) is 0 Å². The van der Waals surface area contributed by atoms with Gasteiger partial charge in [0.15, 0.2) is 0 Å². The second-order valence-corrected chi connectivity index (χ2v) is 5.00. The second kappa shape index (κ2) is 4.90. The molecule has 0 bridgehead atoms. The first kappa shape index (κ1) is 12.1. The van der Waals surface area contributed by atoms with Gasteiger partial charge >= 0.3 is 0 Å². The Hall–Kier alpha value is -1.32. The van der Waals surface area contributed by atoms with Crippen LogP contribution in [0.1, 0.15) is 30.7 Å². The van der Waals surface area contributed by atoms with Crippen LogP contribution in [0.2, 0.25) is 0 Å². The maximum Gasteiger partial charge on any atom is 0.137 e. The minimum absolute atomic E-state index is 0.829. The molecule has 0 radical (unpaired) electrons. The van der Waals surface area contributed by atoms with E-state index in [4.69, 9.17) is 0 Å². The average molecular weight is 234 g/mol. The third-order valence-electron chi connectivity index (χ3n) is 3.59. The van der Waals surface area contributed by atoms with E-state index in [1.807, 2.05) is 14.0 Å². The summed E-state index contributed by atoms with van der Waals surface area (Å²) < 4.78 is 0. The first-order valence-corrected chi connectivity index (χ1v) is 6.36. The standard InChI is InChI=1S/C13H22N4/c1-9-12(14-3)15-10(2)16-13(9)17(4)8-11-6-5-7-11/h11H,5-8H2,1-4H3,(H,14,15,16).